The molecule has 2 heteroatoms. The first-order valence-corrected chi connectivity index (χ1v) is 3.59. The van der Waals surface area contributed by atoms with Gasteiger partial charge in [-0.1, -0.05) is 0 Å². The lowest BCUT2D eigenvalue weighted by molar-refractivity contribution is -0.121. The summed E-state index contributed by atoms with van der Waals surface area (Å²) >= 11 is 0. The van der Waals surface area contributed by atoms with Crippen molar-refractivity contribution in [1.82, 2.24) is 5.32 Å². The van der Waals surface area contributed by atoms with Crippen LogP contribution in [0.3, 0.4) is 0 Å². The third-order valence-electron chi connectivity index (χ3n) is 2.30. The Bertz CT molecular complexity index is 130. The van der Waals surface area contributed by atoms with Gasteiger partial charge in [-0.05, 0) is 18.9 Å². The van der Waals surface area contributed by atoms with E-state index >= 15 is 0 Å². The van der Waals surface area contributed by atoms with Crippen molar-refractivity contribution in [3.63, 3.8) is 0 Å². The fourth-order valence-corrected chi connectivity index (χ4v) is 1.89. The predicted molar refractivity (Wildman–Crippen MR) is 34.1 cm³/mol. The molecule has 2 atom stereocenters. The van der Waals surface area contributed by atoms with Crippen molar-refractivity contribution in [2.45, 2.75) is 25.3 Å². The summed E-state index contributed by atoms with van der Waals surface area (Å²) in [5, 5.41) is 3.33. The average Bonchev–Trinajstić information content (AvgIpc) is 2.11. The number of hydrogen-bond acceptors (Lipinski definition) is 2. The number of ketones is 1. The van der Waals surface area contributed by atoms with E-state index in [1.807, 2.05) is 0 Å². The molecular weight excluding hydrogens is 114 g/mol. The number of carbonyl (C=O) groups excluding carboxylic acids is 1. The van der Waals surface area contributed by atoms with Crippen LogP contribution in [0.25, 0.3) is 0 Å². The van der Waals surface area contributed by atoms with Crippen molar-refractivity contribution in [3.05, 3.63) is 0 Å². The first-order valence-electron chi connectivity index (χ1n) is 3.59. The van der Waals surface area contributed by atoms with Crippen LogP contribution in [0, 0.1) is 5.92 Å². The molecule has 50 valence electrons. The van der Waals surface area contributed by atoms with Gasteiger partial charge in [0.2, 0.25) is 0 Å². The molecule has 1 aliphatic carbocycles. The van der Waals surface area contributed by atoms with E-state index in [1.165, 1.54) is 6.42 Å². The van der Waals surface area contributed by atoms with Gasteiger partial charge < -0.3 is 5.32 Å². The number of fused-ring (bicyclic) bond motifs is 2. The molecule has 0 amide bonds. The average molecular weight is 125 g/mol. The van der Waals surface area contributed by atoms with Gasteiger partial charge in [-0.2, -0.15) is 0 Å². The quantitative estimate of drug-likeness (QED) is 0.505. The molecule has 1 saturated heterocycles. The molecule has 1 aliphatic heterocycles. The molecule has 0 aromatic rings. The minimum absolute atomic E-state index is 0.459. The molecule has 0 radical (unpaired) electrons. The summed E-state index contributed by atoms with van der Waals surface area (Å²) < 4.78 is 0. The molecule has 1 saturated carbocycles. The Morgan fingerprint density at radius 1 is 1.44 bits per heavy atom. The molecule has 1 N–H and O–H groups in total. The van der Waals surface area contributed by atoms with Crippen LogP contribution in [0.1, 0.15) is 19.3 Å². The molecule has 0 unspecified atom stereocenters. The molecule has 2 nitrogen and oxygen atoms in total. The summed E-state index contributed by atoms with van der Waals surface area (Å²) in [6.45, 7) is 1.08. The summed E-state index contributed by atoms with van der Waals surface area (Å²) in [7, 11) is 0. The fourth-order valence-electron chi connectivity index (χ4n) is 1.89. The lowest BCUT2D eigenvalue weighted by Gasteiger charge is -2.14. The maximum atomic E-state index is 10.9. The molecule has 0 aromatic carbocycles. The number of carbonyl (C=O) groups is 1. The zero-order valence-electron chi connectivity index (χ0n) is 5.39. The van der Waals surface area contributed by atoms with Gasteiger partial charge in [0.25, 0.3) is 0 Å². The van der Waals surface area contributed by atoms with E-state index in [2.05, 4.69) is 5.32 Å². The fraction of sp³-hybridized carbons (Fsp3) is 0.857. The van der Waals surface area contributed by atoms with Crippen LogP contribution < -0.4 is 5.32 Å². The van der Waals surface area contributed by atoms with E-state index < -0.39 is 0 Å². The summed E-state index contributed by atoms with van der Waals surface area (Å²) in [6, 6.07) is 0.538. The van der Waals surface area contributed by atoms with Crippen molar-refractivity contribution in [1.29, 1.82) is 0 Å². The monoisotopic (exact) mass is 125 g/mol. The van der Waals surface area contributed by atoms with Gasteiger partial charge in [0.1, 0.15) is 5.78 Å². The SMILES string of the molecule is O=C1C[C@@H]2CN[C@@H](C1)C2. The van der Waals surface area contributed by atoms with Gasteiger partial charge in [-0.25, -0.2) is 0 Å². The van der Waals surface area contributed by atoms with Crippen molar-refractivity contribution in [2.24, 2.45) is 5.92 Å². The minimum Gasteiger partial charge on any atom is -0.313 e. The summed E-state index contributed by atoms with van der Waals surface area (Å²) in [5.74, 6) is 1.14. The molecule has 0 spiro atoms. The Kier molecular flexibility index (Phi) is 1.09. The van der Waals surface area contributed by atoms with Gasteiger partial charge in [-0.3, -0.25) is 4.79 Å². The van der Waals surface area contributed by atoms with Crippen LogP contribution >= 0.6 is 0 Å². The maximum Gasteiger partial charge on any atom is 0.134 e. The third kappa shape index (κ3) is 0.874. The van der Waals surface area contributed by atoms with Crippen molar-refractivity contribution in [3.8, 4) is 0 Å². The number of nitrogens with one attached hydrogen (secondary N) is 1. The summed E-state index contributed by atoms with van der Waals surface area (Å²) in [4.78, 5) is 10.9. The highest BCUT2D eigenvalue weighted by atomic mass is 16.1. The molecule has 2 bridgehead atoms. The Balaban J connectivity index is 2.11. The third-order valence-corrected chi connectivity index (χ3v) is 2.30. The molecule has 2 rings (SSSR count). The second-order valence-corrected chi connectivity index (χ2v) is 3.15. The highest BCUT2D eigenvalue weighted by Gasteiger charge is 2.32. The van der Waals surface area contributed by atoms with E-state index in [1.54, 1.807) is 0 Å². The molecule has 2 fully saturated rings. The lowest BCUT2D eigenvalue weighted by atomic mass is 9.90. The molecule has 0 aromatic heterocycles. The summed E-state index contributed by atoms with van der Waals surface area (Å²) in [5.41, 5.74) is 0. The highest BCUT2D eigenvalue weighted by molar-refractivity contribution is 5.80. The van der Waals surface area contributed by atoms with E-state index in [0.29, 0.717) is 17.7 Å². The van der Waals surface area contributed by atoms with Gasteiger partial charge in [0.05, 0.1) is 0 Å². The Labute approximate surface area is 54.6 Å². The number of rotatable bonds is 0. The zero-order chi connectivity index (χ0) is 6.27. The second kappa shape index (κ2) is 1.81. The number of hydrogen-bond donors (Lipinski definition) is 1. The standard InChI is InChI=1S/C7H11NO/c9-7-2-5-1-6(3-7)8-4-5/h5-6,8H,1-4H2/t5-,6-/m1/s1. The van der Waals surface area contributed by atoms with Crippen LogP contribution in [0.2, 0.25) is 0 Å². The Morgan fingerprint density at radius 3 is 3.11 bits per heavy atom. The largest absolute Gasteiger partial charge is 0.313 e. The Hall–Kier alpha value is -0.370. The van der Waals surface area contributed by atoms with Crippen LogP contribution in [0.5, 0.6) is 0 Å². The predicted octanol–water partition coefficient (Wildman–Crippen LogP) is 0.327. The topological polar surface area (TPSA) is 29.1 Å². The van der Waals surface area contributed by atoms with Gasteiger partial charge in [0.15, 0.2) is 0 Å². The molecule has 2 aliphatic rings. The minimum atomic E-state index is 0.459. The molecule has 1 heterocycles. The van der Waals surface area contributed by atoms with Crippen LogP contribution in [-0.4, -0.2) is 18.4 Å². The van der Waals surface area contributed by atoms with E-state index in [0.717, 1.165) is 19.4 Å². The normalized spacial score (nSPS) is 41.6. The van der Waals surface area contributed by atoms with Gasteiger partial charge >= 0.3 is 0 Å². The zero-order valence-corrected chi connectivity index (χ0v) is 5.39. The second-order valence-electron chi connectivity index (χ2n) is 3.15. The molecule has 9 heavy (non-hydrogen) atoms. The van der Waals surface area contributed by atoms with E-state index in [4.69, 9.17) is 0 Å². The lowest BCUT2D eigenvalue weighted by Crippen LogP contribution is -2.24. The van der Waals surface area contributed by atoms with Crippen molar-refractivity contribution >= 4 is 5.78 Å². The molecular formula is C7H11NO. The van der Waals surface area contributed by atoms with Crippen LogP contribution in [0.4, 0.5) is 0 Å². The maximum absolute atomic E-state index is 10.9. The van der Waals surface area contributed by atoms with Gasteiger partial charge in [0, 0.05) is 18.9 Å². The van der Waals surface area contributed by atoms with Crippen LogP contribution in [-0.2, 0) is 4.79 Å². The first kappa shape index (κ1) is 5.42. The number of Topliss-reactive ketones (excluding diaryl/α,β-unsaturated/α-hetero) is 1. The smallest absolute Gasteiger partial charge is 0.134 e. The van der Waals surface area contributed by atoms with Crippen molar-refractivity contribution in [2.75, 3.05) is 6.54 Å². The van der Waals surface area contributed by atoms with E-state index in [-0.39, 0.29) is 0 Å². The van der Waals surface area contributed by atoms with E-state index in [9.17, 15) is 4.79 Å². The van der Waals surface area contributed by atoms with Crippen LogP contribution in [0.15, 0.2) is 0 Å². The van der Waals surface area contributed by atoms with Gasteiger partial charge in [-0.15, -0.1) is 0 Å². The highest BCUT2D eigenvalue weighted by Crippen LogP contribution is 2.26. The van der Waals surface area contributed by atoms with Crippen molar-refractivity contribution < 1.29 is 4.79 Å². The summed E-state index contributed by atoms with van der Waals surface area (Å²) in [6.07, 6.45) is 2.87. The Morgan fingerprint density at radius 2 is 2.33 bits per heavy atom. The first-order chi connectivity index (χ1) is 4.34.